The molecule has 5 heteroatoms. The van der Waals surface area contributed by atoms with E-state index in [2.05, 4.69) is 22.0 Å². The van der Waals surface area contributed by atoms with Crippen molar-refractivity contribution in [2.75, 3.05) is 24.6 Å². The average molecular weight is 321 g/mol. The monoisotopic (exact) mass is 321 g/mol. The number of para-hydroxylation sites is 1. The highest BCUT2D eigenvalue weighted by molar-refractivity contribution is 5.87. The molecule has 0 saturated carbocycles. The van der Waals surface area contributed by atoms with Gasteiger partial charge in [0.2, 0.25) is 0 Å². The van der Waals surface area contributed by atoms with Crippen LogP contribution < -0.4 is 4.90 Å². The molecule has 24 heavy (non-hydrogen) atoms. The van der Waals surface area contributed by atoms with Crippen molar-refractivity contribution in [3.63, 3.8) is 0 Å². The van der Waals surface area contributed by atoms with Gasteiger partial charge in [-0.25, -0.2) is 9.78 Å². The van der Waals surface area contributed by atoms with E-state index in [1.165, 1.54) is 5.69 Å². The molecule has 0 bridgehead atoms. The lowest BCUT2D eigenvalue weighted by Crippen LogP contribution is -2.22. The lowest BCUT2D eigenvalue weighted by atomic mass is 10.1. The van der Waals surface area contributed by atoms with Gasteiger partial charge >= 0.3 is 5.97 Å². The van der Waals surface area contributed by atoms with E-state index in [9.17, 15) is 4.79 Å². The molecule has 1 saturated heterocycles. The van der Waals surface area contributed by atoms with Gasteiger partial charge in [0.1, 0.15) is 5.65 Å². The summed E-state index contributed by atoms with van der Waals surface area (Å²) in [5.41, 5.74) is 2.34. The van der Waals surface area contributed by atoms with E-state index in [4.69, 9.17) is 4.74 Å². The van der Waals surface area contributed by atoms with Crippen molar-refractivity contribution in [3.05, 3.63) is 66.6 Å². The Morgan fingerprint density at radius 3 is 2.83 bits per heavy atom. The number of hydrogen-bond acceptors (Lipinski definition) is 4. The smallest absolute Gasteiger partial charge is 0.358 e. The number of aromatic nitrogens is 2. The minimum atomic E-state index is -0.350. The second-order valence-electron chi connectivity index (χ2n) is 6.13. The second kappa shape index (κ2) is 6.35. The van der Waals surface area contributed by atoms with Crippen molar-refractivity contribution >= 4 is 17.3 Å². The van der Waals surface area contributed by atoms with Crippen LogP contribution >= 0.6 is 0 Å². The molecular formula is C19H19N3O2. The maximum Gasteiger partial charge on any atom is 0.358 e. The van der Waals surface area contributed by atoms with E-state index in [1.807, 2.05) is 47.0 Å². The number of rotatable bonds is 4. The fourth-order valence-corrected chi connectivity index (χ4v) is 3.14. The van der Waals surface area contributed by atoms with Gasteiger partial charge in [0.05, 0.1) is 6.61 Å². The fraction of sp³-hybridized carbons (Fsp3) is 0.263. The number of hydrogen-bond donors (Lipinski definition) is 0. The Morgan fingerprint density at radius 1 is 1.17 bits per heavy atom. The number of anilines is 1. The quantitative estimate of drug-likeness (QED) is 0.693. The van der Waals surface area contributed by atoms with Crippen LogP contribution in [0.2, 0.25) is 0 Å². The van der Waals surface area contributed by atoms with Gasteiger partial charge in [-0.3, -0.25) is 0 Å². The van der Waals surface area contributed by atoms with E-state index in [0.717, 1.165) is 25.2 Å². The van der Waals surface area contributed by atoms with Crippen LogP contribution in [-0.2, 0) is 4.74 Å². The first-order valence-electron chi connectivity index (χ1n) is 8.20. The predicted molar refractivity (Wildman–Crippen MR) is 92.2 cm³/mol. The van der Waals surface area contributed by atoms with Crippen molar-refractivity contribution < 1.29 is 9.53 Å². The van der Waals surface area contributed by atoms with E-state index < -0.39 is 0 Å². The number of imidazole rings is 1. The van der Waals surface area contributed by atoms with Gasteiger partial charge in [0.15, 0.2) is 5.69 Å². The molecule has 1 aliphatic rings. The number of nitrogens with zero attached hydrogens (tertiary/aromatic N) is 3. The third-order valence-electron chi connectivity index (χ3n) is 4.43. The average Bonchev–Trinajstić information content (AvgIpc) is 3.27. The molecule has 1 unspecified atom stereocenters. The van der Waals surface area contributed by atoms with Crippen molar-refractivity contribution in [2.45, 2.75) is 6.42 Å². The van der Waals surface area contributed by atoms with Crippen LogP contribution in [0, 0.1) is 5.92 Å². The summed E-state index contributed by atoms with van der Waals surface area (Å²) >= 11 is 0. The molecular weight excluding hydrogens is 302 g/mol. The highest BCUT2D eigenvalue weighted by Gasteiger charge is 2.24. The maximum atomic E-state index is 12.2. The summed E-state index contributed by atoms with van der Waals surface area (Å²) in [6.07, 6.45) is 4.61. The molecule has 0 aliphatic carbocycles. The molecule has 3 aromatic rings. The van der Waals surface area contributed by atoms with Crippen LogP contribution in [-0.4, -0.2) is 35.1 Å². The Hall–Kier alpha value is -2.82. The molecule has 122 valence electrons. The zero-order chi connectivity index (χ0) is 16.4. The van der Waals surface area contributed by atoms with Crippen LogP contribution in [0.1, 0.15) is 16.9 Å². The standard InChI is InChI=1S/C19H19N3O2/c23-19(17-13-22-10-5-4-8-18(22)20-17)24-14-15-9-11-21(12-15)16-6-2-1-3-7-16/h1-8,10,13,15H,9,11-12,14H2. The van der Waals surface area contributed by atoms with Crippen molar-refractivity contribution in [1.29, 1.82) is 0 Å². The van der Waals surface area contributed by atoms with Gasteiger partial charge in [-0.1, -0.05) is 24.3 Å². The van der Waals surface area contributed by atoms with Gasteiger partial charge in [0, 0.05) is 37.1 Å². The van der Waals surface area contributed by atoms with Crippen molar-refractivity contribution in [1.82, 2.24) is 9.38 Å². The SMILES string of the molecule is O=C(OCC1CCN(c2ccccc2)C1)c1cn2ccccc2n1. The molecule has 1 aliphatic heterocycles. The second-order valence-corrected chi connectivity index (χ2v) is 6.13. The summed E-state index contributed by atoms with van der Waals surface area (Å²) in [6, 6.07) is 16.0. The van der Waals surface area contributed by atoms with Gasteiger partial charge in [-0.2, -0.15) is 0 Å². The molecule has 3 heterocycles. The predicted octanol–water partition coefficient (Wildman–Crippen LogP) is 3.02. The molecule has 0 spiro atoms. The Kier molecular flexibility index (Phi) is 3.91. The molecule has 4 rings (SSSR count). The molecule has 1 aromatic carbocycles. The number of ether oxygens (including phenoxy) is 1. The Bertz CT molecular complexity index is 811. The molecule has 0 amide bonds. The third-order valence-corrected chi connectivity index (χ3v) is 4.43. The normalized spacial score (nSPS) is 17.3. The number of pyridine rings is 1. The number of esters is 1. The van der Waals surface area contributed by atoms with Crippen LogP contribution in [0.15, 0.2) is 60.9 Å². The molecule has 0 N–H and O–H groups in total. The summed E-state index contributed by atoms with van der Waals surface area (Å²) < 4.78 is 7.31. The first-order chi connectivity index (χ1) is 11.8. The summed E-state index contributed by atoms with van der Waals surface area (Å²) in [6.45, 7) is 2.36. The largest absolute Gasteiger partial charge is 0.461 e. The Labute approximate surface area is 140 Å². The number of fused-ring (bicyclic) bond motifs is 1. The highest BCUT2D eigenvalue weighted by Crippen LogP contribution is 2.23. The lowest BCUT2D eigenvalue weighted by Gasteiger charge is -2.18. The fourth-order valence-electron chi connectivity index (χ4n) is 3.14. The minimum absolute atomic E-state index is 0.350. The van der Waals surface area contributed by atoms with Crippen LogP contribution in [0.5, 0.6) is 0 Å². The van der Waals surface area contributed by atoms with Gasteiger partial charge in [-0.15, -0.1) is 0 Å². The van der Waals surface area contributed by atoms with Crippen molar-refractivity contribution in [2.24, 2.45) is 5.92 Å². The molecule has 2 aromatic heterocycles. The lowest BCUT2D eigenvalue weighted by molar-refractivity contribution is 0.0445. The first kappa shape index (κ1) is 14.8. The minimum Gasteiger partial charge on any atom is -0.461 e. The summed E-state index contributed by atoms with van der Waals surface area (Å²) in [4.78, 5) is 18.8. The maximum absolute atomic E-state index is 12.2. The third kappa shape index (κ3) is 2.97. The summed E-state index contributed by atoms with van der Waals surface area (Å²) in [5.74, 6) is 0.0167. The molecule has 1 atom stereocenters. The summed E-state index contributed by atoms with van der Waals surface area (Å²) in [7, 11) is 0. The van der Waals surface area contributed by atoms with E-state index in [-0.39, 0.29) is 5.97 Å². The molecule has 0 radical (unpaired) electrons. The van der Waals surface area contributed by atoms with E-state index in [0.29, 0.717) is 18.2 Å². The van der Waals surface area contributed by atoms with Crippen molar-refractivity contribution in [3.8, 4) is 0 Å². The van der Waals surface area contributed by atoms with Crippen LogP contribution in [0.3, 0.4) is 0 Å². The Morgan fingerprint density at radius 2 is 2.00 bits per heavy atom. The van der Waals surface area contributed by atoms with Crippen LogP contribution in [0.4, 0.5) is 5.69 Å². The molecule has 1 fully saturated rings. The van der Waals surface area contributed by atoms with Gasteiger partial charge < -0.3 is 14.0 Å². The molecule has 5 nitrogen and oxygen atoms in total. The number of carbonyl (C=O) groups is 1. The van der Waals surface area contributed by atoms with E-state index in [1.54, 1.807) is 6.20 Å². The first-order valence-corrected chi connectivity index (χ1v) is 8.20. The van der Waals surface area contributed by atoms with Crippen LogP contribution in [0.25, 0.3) is 5.65 Å². The Balaban J connectivity index is 1.34. The van der Waals surface area contributed by atoms with Gasteiger partial charge in [0.25, 0.3) is 0 Å². The summed E-state index contributed by atoms with van der Waals surface area (Å²) in [5, 5.41) is 0. The topological polar surface area (TPSA) is 46.8 Å². The number of benzene rings is 1. The van der Waals surface area contributed by atoms with Gasteiger partial charge in [-0.05, 0) is 30.7 Å². The zero-order valence-electron chi connectivity index (χ0n) is 13.3. The number of carbonyl (C=O) groups excluding carboxylic acids is 1. The highest BCUT2D eigenvalue weighted by atomic mass is 16.5. The van der Waals surface area contributed by atoms with E-state index >= 15 is 0 Å². The zero-order valence-corrected chi connectivity index (χ0v) is 13.3.